The third kappa shape index (κ3) is 6.36. The molecule has 0 saturated carbocycles. The highest BCUT2D eigenvalue weighted by Crippen LogP contribution is 2.25. The molecular formula is C23H29Cl2N7O2. The second-order valence-electron chi connectivity index (χ2n) is 8.33. The van der Waals surface area contributed by atoms with Crippen LogP contribution in [0.1, 0.15) is 61.0 Å². The van der Waals surface area contributed by atoms with Crippen molar-refractivity contribution in [1.82, 2.24) is 30.3 Å². The Morgan fingerprint density at radius 2 is 1.91 bits per heavy atom. The predicted molar refractivity (Wildman–Crippen MR) is 133 cm³/mol. The molecular weight excluding hydrogens is 477 g/mol. The molecule has 0 aliphatic heterocycles. The molecule has 3 rings (SSSR count). The van der Waals surface area contributed by atoms with Gasteiger partial charge in [0.2, 0.25) is 5.91 Å². The molecule has 9 nitrogen and oxygen atoms in total. The molecule has 3 aromatic rings. The number of pyridine rings is 1. The Morgan fingerprint density at radius 3 is 2.50 bits per heavy atom. The molecule has 34 heavy (non-hydrogen) atoms. The Labute approximate surface area is 208 Å². The van der Waals surface area contributed by atoms with E-state index in [1.807, 2.05) is 33.8 Å². The van der Waals surface area contributed by atoms with E-state index in [4.69, 9.17) is 23.2 Å². The molecule has 0 radical (unpaired) electrons. The summed E-state index contributed by atoms with van der Waals surface area (Å²) in [6, 6.07) is 4.42. The van der Waals surface area contributed by atoms with Gasteiger partial charge in [0.25, 0.3) is 5.91 Å². The molecule has 0 spiro atoms. The van der Waals surface area contributed by atoms with Crippen molar-refractivity contribution >= 4 is 40.8 Å². The monoisotopic (exact) mass is 505 g/mol. The number of carbonyl (C=O) groups excluding carboxylic acids is 2. The van der Waals surface area contributed by atoms with Crippen LogP contribution in [0.3, 0.4) is 0 Å². The normalized spacial score (nSPS) is 12.2. The highest BCUT2D eigenvalue weighted by atomic mass is 35.5. The minimum Gasteiger partial charge on any atom is -0.339 e. The van der Waals surface area contributed by atoms with Gasteiger partial charge in [0.15, 0.2) is 0 Å². The molecule has 0 unspecified atom stereocenters. The van der Waals surface area contributed by atoms with E-state index >= 15 is 0 Å². The number of aromatic amines is 1. The van der Waals surface area contributed by atoms with E-state index in [0.29, 0.717) is 30.8 Å². The third-order valence-electron chi connectivity index (χ3n) is 5.36. The van der Waals surface area contributed by atoms with Gasteiger partial charge in [-0.3, -0.25) is 19.4 Å². The zero-order valence-corrected chi connectivity index (χ0v) is 21.1. The minimum atomic E-state index is -0.796. The maximum Gasteiger partial charge on any atom is 0.270 e. The van der Waals surface area contributed by atoms with Crippen molar-refractivity contribution in [2.45, 2.75) is 63.9 Å². The maximum absolute atomic E-state index is 13.1. The molecule has 3 heterocycles. The minimum absolute atomic E-state index is 0.00139. The third-order valence-corrected chi connectivity index (χ3v) is 5.80. The van der Waals surface area contributed by atoms with E-state index in [-0.39, 0.29) is 17.9 Å². The van der Waals surface area contributed by atoms with Crippen molar-refractivity contribution in [2.24, 2.45) is 0 Å². The first-order chi connectivity index (χ1) is 16.2. The molecule has 0 fully saturated rings. The molecule has 1 atom stereocenters. The number of nitrogens with one attached hydrogen (secondary N) is 3. The summed E-state index contributed by atoms with van der Waals surface area (Å²) in [7, 11) is 0. The smallest absolute Gasteiger partial charge is 0.270 e. The van der Waals surface area contributed by atoms with Gasteiger partial charge >= 0.3 is 0 Å². The Bertz CT molecular complexity index is 1100. The molecule has 3 N–H and O–H groups in total. The van der Waals surface area contributed by atoms with Crippen molar-refractivity contribution < 1.29 is 9.59 Å². The summed E-state index contributed by atoms with van der Waals surface area (Å²) in [4.78, 5) is 29.8. The van der Waals surface area contributed by atoms with E-state index in [2.05, 4.69) is 30.9 Å². The summed E-state index contributed by atoms with van der Waals surface area (Å²) in [6.45, 7) is 7.71. The molecule has 0 aliphatic carbocycles. The molecule has 11 heteroatoms. The van der Waals surface area contributed by atoms with Gasteiger partial charge in [0.05, 0.1) is 5.69 Å². The molecule has 182 valence electrons. The number of anilines is 1. The number of nitrogens with zero attached hydrogens (tertiary/aromatic N) is 4. The summed E-state index contributed by atoms with van der Waals surface area (Å²) in [5.74, 6) is -0.374. The summed E-state index contributed by atoms with van der Waals surface area (Å²) < 4.78 is 1.61. The molecule has 0 saturated heterocycles. The molecule has 2 amide bonds. The molecule has 0 aromatic carbocycles. The van der Waals surface area contributed by atoms with Crippen LogP contribution in [-0.4, -0.2) is 47.7 Å². The zero-order valence-electron chi connectivity index (χ0n) is 19.6. The lowest BCUT2D eigenvalue weighted by Gasteiger charge is -2.19. The number of aryl methyl sites for hydroxylation is 2. The number of halogens is 2. The van der Waals surface area contributed by atoms with Crippen LogP contribution in [0.15, 0.2) is 30.6 Å². The lowest BCUT2D eigenvalue weighted by molar-refractivity contribution is -0.118. The fraction of sp³-hybridized carbons (Fsp3) is 0.435. The number of alkyl halides is 2. The predicted octanol–water partition coefficient (Wildman–Crippen LogP) is 4.58. The van der Waals surface area contributed by atoms with Crippen LogP contribution in [0.25, 0.3) is 11.1 Å². The van der Waals surface area contributed by atoms with Crippen molar-refractivity contribution in [2.75, 3.05) is 5.32 Å². The Balaban J connectivity index is 1.73. The molecule has 3 aromatic heterocycles. The fourth-order valence-electron chi connectivity index (χ4n) is 3.69. The Kier molecular flexibility index (Phi) is 8.68. The van der Waals surface area contributed by atoms with Crippen molar-refractivity contribution in [3.05, 3.63) is 47.7 Å². The van der Waals surface area contributed by atoms with E-state index in [9.17, 15) is 9.59 Å². The average molecular weight is 506 g/mol. The summed E-state index contributed by atoms with van der Waals surface area (Å²) in [6.07, 6.45) is 4.67. The Hall–Kier alpha value is -2.91. The van der Waals surface area contributed by atoms with Crippen LogP contribution in [0, 0.1) is 13.8 Å². The van der Waals surface area contributed by atoms with Crippen LogP contribution in [0.2, 0.25) is 0 Å². The summed E-state index contributed by atoms with van der Waals surface area (Å²) in [5, 5.41) is 17.0. The van der Waals surface area contributed by atoms with Crippen LogP contribution >= 0.6 is 23.2 Å². The van der Waals surface area contributed by atoms with Crippen LogP contribution < -0.4 is 10.6 Å². The van der Waals surface area contributed by atoms with Crippen LogP contribution in [0.4, 0.5) is 5.82 Å². The summed E-state index contributed by atoms with van der Waals surface area (Å²) in [5.41, 5.74) is 4.07. The number of hydrogen-bond acceptors (Lipinski definition) is 5. The van der Waals surface area contributed by atoms with Gasteiger partial charge in [0, 0.05) is 35.3 Å². The largest absolute Gasteiger partial charge is 0.339 e. The van der Waals surface area contributed by atoms with Gasteiger partial charge in [-0.2, -0.15) is 10.2 Å². The molecule has 0 aliphatic rings. The van der Waals surface area contributed by atoms with Gasteiger partial charge in [0.1, 0.15) is 22.4 Å². The first kappa shape index (κ1) is 25.7. The van der Waals surface area contributed by atoms with E-state index < -0.39 is 10.9 Å². The maximum atomic E-state index is 13.1. The second kappa shape index (κ2) is 11.5. The lowest BCUT2D eigenvalue weighted by atomic mass is 10.1. The zero-order chi connectivity index (χ0) is 24.8. The van der Waals surface area contributed by atoms with Gasteiger partial charge in [-0.15, -0.1) is 23.2 Å². The average Bonchev–Trinajstić information content (AvgIpc) is 3.40. The van der Waals surface area contributed by atoms with Gasteiger partial charge < -0.3 is 10.6 Å². The number of hydrogen-bond donors (Lipinski definition) is 3. The van der Waals surface area contributed by atoms with E-state index in [1.54, 1.807) is 29.2 Å². The highest BCUT2D eigenvalue weighted by Gasteiger charge is 2.24. The molecule has 0 bridgehead atoms. The number of H-pyrrole nitrogens is 1. The topological polar surface area (TPSA) is 118 Å². The van der Waals surface area contributed by atoms with Crippen molar-refractivity contribution in [3.63, 3.8) is 0 Å². The lowest BCUT2D eigenvalue weighted by Crippen LogP contribution is -2.44. The first-order valence-corrected chi connectivity index (χ1v) is 12.0. The van der Waals surface area contributed by atoms with Gasteiger partial charge in [-0.1, -0.05) is 0 Å². The van der Waals surface area contributed by atoms with Crippen LogP contribution in [0.5, 0.6) is 0 Å². The Morgan fingerprint density at radius 1 is 1.15 bits per heavy atom. The fourth-order valence-corrected chi connectivity index (χ4v) is 4.00. The second-order valence-corrected chi connectivity index (χ2v) is 9.61. The van der Waals surface area contributed by atoms with Gasteiger partial charge in [-0.05, 0) is 65.2 Å². The van der Waals surface area contributed by atoms with E-state index in [0.717, 1.165) is 22.5 Å². The quantitative estimate of drug-likeness (QED) is 0.348. The number of rotatable bonds is 10. The standard InChI is InChI=1S/C23H29Cl2N7O2/c1-13(2)32-18(10-11-27-32)23(34)28-17(6-5-7-19(24)25)22(33)29-20-9-8-16(12-26-20)21-14(3)30-31-15(21)4/h8-13,17,19H,5-7H2,1-4H3,(H,28,34)(H,30,31)(H,26,29,33)/t17-/m1/s1. The number of carbonyl (C=O) groups is 2. The van der Waals surface area contributed by atoms with Crippen molar-refractivity contribution in [1.29, 1.82) is 0 Å². The van der Waals surface area contributed by atoms with Crippen molar-refractivity contribution in [3.8, 4) is 11.1 Å². The van der Waals surface area contributed by atoms with E-state index in [1.165, 1.54) is 0 Å². The SMILES string of the molecule is Cc1n[nH]c(C)c1-c1ccc(NC(=O)[C@@H](CCCC(Cl)Cl)NC(=O)c2ccnn2C(C)C)nc1. The van der Waals surface area contributed by atoms with Gasteiger partial charge in [-0.25, -0.2) is 4.98 Å². The first-order valence-electron chi connectivity index (χ1n) is 11.1. The van der Waals surface area contributed by atoms with Crippen LogP contribution in [-0.2, 0) is 4.79 Å². The number of amides is 2. The summed E-state index contributed by atoms with van der Waals surface area (Å²) >= 11 is 11.7. The highest BCUT2D eigenvalue weighted by molar-refractivity contribution is 6.44. The number of aromatic nitrogens is 5.